The number of piperazine rings is 1. The van der Waals surface area contributed by atoms with Gasteiger partial charge in [0.2, 0.25) is 0 Å². The Morgan fingerprint density at radius 1 is 1.14 bits per heavy atom. The van der Waals surface area contributed by atoms with Gasteiger partial charge in [-0.3, -0.25) is 9.69 Å². The highest BCUT2D eigenvalue weighted by molar-refractivity contribution is 7.13. The zero-order chi connectivity index (χ0) is 20.0. The third-order valence-corrected chi connectivity index (χ3v) is 8.35. The molecule has 1 aromatic heterocycles. The molecule has 2 aliphatic heterocycles. The normalized spacial score (nSPS) is 32.1. The first-order chi connectivity index (χ1) is 13.3. The van der Waals surface area contributed by atoms with E-state index in [1.54, 1.807) is 11.3 Å². The Kier molecular flexibility index (Phi) is 5.80. The molecule has 1 saturated carbocycles. The SMILES string of the molecule is Cc1nc(C(C)C)sc1C(=O)N1C[C@H]2C[C@@H](N3CCN(C)CC3)[C@H](O)C[C@H]2C1. The van der Waals surface area contributed by atoms with Crippen LogP contribution >= 0.6 is 11.3 Å². The van der Waals surface area contributed by atoms with Crippen molar-refractivity contribution >= 4 is 17.2 Å². The van der Waals surface area contributed by atoms with Crippen LogP contribution in [0, 0.1) is 18.8 Å². The summed E-state index contributed by atoms with van der Waals surface area (Å²) >= 11 is 1.56. The van der Waals surface area contributed by atoms with E-state index in [1.165, 1.54) is 0 Å². The van der Waals surface area contributed by atoms with Crippen LogP contribution in [-0.2, 0) is 0 Å². The Balaban J connectivity index is 1.42. The van der Waals surface area contributed by atoms with Crippen LogP contribution in [0.4, 0.5) is 0 Å². The van der Waals surface area contributed by atoms with Crippen molar-refractivity contribution in [1.82, 2.24) is 19.7 Å². The van der Waals surface area contributed by atoms with E-state index in [9.17, 15) is 9.90 Å². The molecule has 28 heavy (non-hydrogen) atoms. The molecule has 3 fully saturated rings. The minimum atomic E-state index is -0.266. The molecular formula is C21H34N4O2S. The molecule has 0 spiro atoms. The zero-order valence-corrected chi connectivity index (χ0v) is 18.4. The number of hydrogen-bond donors (Lipinski definition) is 1. The van der Waals surface area contributed by atoms with Crippen LogP contribution in [0.5, 0.6) is 0 Å². The van der Waals surface area contributed by atoms with Gasteiger partial charge in [-0.05, 0) is 38.6 Å². The summed E-state index contributed by atoms with van der Waals surface area (Å²) in [7, 11) is 2.16. The van der Waals surface area contributed by atoms with Crippen LogP contribution in [0.25, 0.3) is 0 Å². The largest absolute Gasteiger partial charge is 0.391 e. The lowest BCUT2D eigenvalue weighted by Gasteiger charge is -2.44. The van der Waals surface area contributed by atoms with Gasteiger partial charge < -0.3 is 14.9 Å². The lowest BCUT2D eigenvalue weighted by molar-refractivity contribution is -0.0249. The minimum absolute atomic E-state index is 0.141. The Morgan fingerprint density at radius 3 is 2.39 bits per heavy atom. The topological polar surface area (TPSA) is 59.9 Å². The first kappa shape index (κ1) is 20.3. The third-order valence-electron chi connectivity index (χ3n) is 6.90. The molecular weight excluding hydrogens is 372 g/mol. The fourth-order valence-electron chi connectivity index (χ4n) is 5.13. The summed E-state index contributed by atoms with van der Waals surface area (Å²) in [6.45, 7) is 12.0. The Morgan fingerprint density at radius 2 is 1.79 bits per heavy atom. The quantitative estimate of drug-likeness (QED) is 0.832. The fourth-order valence-corrected chi connectivity index (χ4v) is 6.16. The third kappa shape index (κ3) is 3.86. The maximum absolute atomic E-state index is 13.2. The van der Waals surface area contributed by atoms with E-state index in [0.29, 0.717) is 17.8 Å². The monoisotopic (exact) mass is 406 g/mol. The number of likely N-dealkylation sites (N-methyl/N-ethyl adjacent to an activating group) is 1. The summed E-state index contributed by atoms with van der Waals surface area (Å²) in [5.74, 6) is 1.43. The van der Waals surface area contributed by atoms with E-state index in [-0.39, 0.29) is 18.1 Å². The number of carbonyl (C=O) groups excluding carboxylic acids is 1. The second kappa shape index (κ2) is 8.01. The molecule has 6 nitrogen and oxygen atoms in total. The van der Waals surface area contributed by atoms with Crippen molar-refractivity contribution in [3.63, 3.8) is 0 Å². The first-order valence-corrected chi connectivity index (χ1v) is 11.5. The van der Waals surface area contributed by atoms with E-state index >= 15 is 0 Å². The van der Waals surface area contributed by atoms with Gasteiger partial charge in [0.15, 0.2) is 0 Å². The lowest BCUT2D eigenvalue weighted by atomic mass is 9.77. The van der Waals surface area contributed by atoms with Crippen molar-refractivity contribution in [2.45, 2.75) is 51.7 Å². The smallest absolute Gasteiger partial charge is 0.265 e. The molecule has 1 amide bonds. The number of carbonyl (C=O) groups is 1. The Labute approximate surface area is 172 Å². The van der Waals surface area contributed by atoms with Crippen LogP contribution in [0.3, 0.4) is 0 Å². The van der Waals surface area contributed by atoms with Gasteiger partial charge >= 0.3 is 0 Å². The lowest BCUT2D eigenvalue weighted by Crippen LogP contribution is -2.55. The van der Waals surface area contributed by atoms with Gasteiger partial charge in [0.1, 0.15) is 4.88 Å². The number of nitrogens with zero attached hydrogens (tertiary/aromatic N) is 4. The second-order valence-corrected chi connectivity index (χ2v) is 10.3. The number of likely N-dealkylation sites (tertiary alicyclic amines) is 1. The number of aliphatic hydroxyl groups is 1. The standard InChI is InChI=1S/C21H34N4O2S/c1-13(2)20-22-14(3)19(28-20)21(27)25-11-15-9-17(18(26)10-16(15)12-25)24-7-5-23(4)6-8-24/h13,15-18,26H,5-12H2,1-4H3/t15-,16+,17-,18-/m1/s1. The van der Waals surface area contributed by atoms with Crippen molar-refractivity contribution in [3.8, 4) is 0 Å². The molecule has 4 rings (SSSR count). The molecule has 156 valence electrons. The number of aromatic nitrogens is 1. The Hall–Kier alpha value is -1.02. The van der Waals surface area contributed by atoms with Crippen LogP contribution in [0.1, 0.15) is 53.0 Å². The molecule has 0 aromatic carbocycles. The predicted molar refractivity (Wildman–Crippen MR) is 112 cm³/mol. The van der Waals surface area contributed by atoms with Crippen molar-refractivity contribution in [2.24, 2.45) is 11.8 Å². The second-order valence-electron chi connectivity index (χ2n) is 9.30. The van der Waals surface area contributed by atoms with E-state index in [2.05, 4.69) is 35.7 Å². The molecule has 3 aliphatic rings. The number of fused-ring (bicyclic) bond motifs is 1. The van der Waals surface area contributed by atoms with Gasteiger partial charge in [-0.1, -0.05) is 13.8 Å². The molecule has 3 heterocycles. The number of rotatable bonds is 3. The average molecular weight is 407 g/mol. The highest BCUT2D eigenvalue weighted by Crippen LogP contribution is 2.39. The molecule has 7 heteroatoms. The van der Waals surface area contributed by atoms with Crippen molar-refractivity contribution in [1.29, 1.82) is 0 Å². The van der Waals surface area contributed by atoms with E-state index in [4.69, 9.17) is 0 Å². The molecule has 0 unspecified atom stereocenters. The van der Waals surface area contributed by atoms with Gasteiger partial charge in [-0.15, -0.1) is 11.3 Å². The maximum Gasteiger partial charge on any atom is 0.265 e. The summed E-state index contributed by atoms with van der Waals surface area (Å²) in [6, 6.07) is 0.252. The number of aryl methyl sites for hydroxylation is 1. The van der Waals surface area contributed by atoms with Gasteiger partial charge in [0.05, 0.1) is 16.8 Å². The highest BCUT2D eigenvalue weighted by atomic mass is 32.1. The molecule has 0 radical (unpaired) electrons. The van der Waals surface area contributed by atoms with Crippen molar-refractivity contribution in [2.75, 3.05) is 46.3 Å². The fraction of sp³-hybridized carbons (Fsp3) is 0.810. The van der Waals surface area contributed by atoms with Crippen LogP contribution in [0.15, 0.2) is 0 Å². The molecule has 1 N–H and O–H groups in total. The molecule has 1 aliphatic carbocycles. The molecule has 0 bridgehead atoms. The number of aliphatic hydroxyl groups excluding tert-OH is 1. The van der Waals surface area contributed by atoms with Gasteiger partial charge in [-0.25, -0.2) is 4.98 Å². The summed E-state index contributed by atoms with van der Waals surface area (Å²) in [5, 5.41) is 11.9. The highest BCUT2D eigenvalue weighted by Gasteiger charge is 2.45. The van der Waals surface area contributed by atoms with Crippen LogP contribution < -0.4 is 0 Å². The minimum Gasteiger partial charge on any atom is -0.391 e. The molecule has 1 aromatic rings. The average Bonchev–Trinajstić information content (AvgIpc) is 3.24. The van der Waals surface area contributed by atoms with Crippen molar-refractivity contribution in [3.05, 3.63) is 15.6 Å². The summed E-state index contributed by atoms with van der Waals surface area (Å²) < 4.78 is 0. The number of hydrogen-bond acceptors (Lipinski definition) is 6. The number of thiazole rings is 1. The van der Waals surface area contributed by atoms with E-state index in [0.717, 1.165) is 67.7 Å². The van der Waals surface area contributed by atoms with Gasteiger partial charge in [0.25, 0.3) is 5.91 Å². The van der Waals surface area contributed by atoms with Crippen molar-refractivity contribution < 1.29 is 9.90 Å². The maximum atomic E-state index is 13.2. The van der Waals surface area contributed by atoms with Crippen LogP contribution in [-0.4, -0.2) is 89.2 Å². The first-order valence-electron chi connectivity index (χ1n) is 10.7. The molecule has 2 saturated heterocycles. The van der Waals surface area contributed by atoms with E-state index < -0.39 is 0 Å². The Bertz CT molecular complexity index is 713. The number of amides is 1. The van der Waals surface area contributed by atoms with Crippen LogP contribution in [0.2, 0.25) is 0 Å². The summed E-state index contributed by atoms with van der Waals surface area (Å²) in [5.41, 5.74) is 0.865. The van der Waals surface area contributed by atoms with Gasteiger partial charge in [0, 0.05) is 51.2 Å². The zero-order valence-electron chi connectivity index (χ0n) is 17.6. The molecule has 4 atom stereocenters. The predicted octanol–water partition coefficient (Wildman–Crippen LogP) is 2.03. The summed E-state index contributed by atoms with van der Waals surface area (Å²) in [6.07, 6.45) is 1.57. The van der Waals surface area contributed by atoms with E-state index in [1.807, 2.05) is 11.8 Å². The van der Waals surface area contributed by atoms with Gasteiger partial charge in [-0.2, -0.15) is 0 Å². The summed E-state index contributed by atoms with van der Waals surface area (Å²) in [4.78, 5) is 25.4.